The summed E-state index contributed by atoms with van der Waals surface area (Å²) in [5, 5.41) is 2.72. The van der Waals surface area contributed by atoms with Gasteiger partial charge in [-0.2, -0.15) is 13.2 Å². The molecule has 2 aromatic rings. The number of halogens is 4. The number of amides is 1. The summed E-state index contributed by atoms with van der Waals surface area (Å²) < 4.78 is 40.5. The van der Waals surface area contributed by atoms with E-state index in [1.54, 1.807) is 6.92 Å². The van der Waals surface area contributed by atoms with Crippen molar-refractivity contribution in [3.05, 3.63) is 40.0 Å². The number of carbonyl (C=O) groups excluding carboxylic acids is 1. The van der Waals surface area contributed by atoms with Crippen LogP contribution in [0.25, 0.3) is 10.9 Å². The lowest BCUT2D eigenvalue weighted by Gasteiger charge is -2.26. The molecule has 3 nitrogen and oxygen atoms in total. The van der Waals surface area contributed by atoms with E-state index in [9.17, 15) is 18.0 Å². The molecule has 1 aliphatic rings. The Hall–Kier alpha value is -1.82. The third-order valence-corrected chi connectivity index (χ3v) is 3.67. The van der Waals surface area contributed by atoms with Crippen molar-refractivity contribution < 1.29 is 18.0 Å². The van der Waals surface area contributed by atoms with Crippen molar-refractivity contribution >= 4 is 28.4 Å². The minimum Gasteiger partial charge on any atom is -0.348 e. The Morgan fingerprint density at radius 1 is 1.38 bits per heavy atom. The molecule has 1 aromatic carbocycles. The molecule has 0 saturated carbocycles. The molecular formula is C14H10ClF3N2O. The molecule has 0 fully saturated rings. The Bertz CT molecular complexity index is 758. The van der Waals surface area contributed by atoms with Crippen LogP contribution in [0.15, 0.2) is 18.2 Å². The quantitative estimate of drug-likeness (QED) is 0.807. The predicted molar refractivity (Wildman–Crippen MR) is 72.4 cm³/mol. The number of fused-ring (bicyclic) bond motifs is 2. The summed E-state index contributed by atoms with van der Waals surface area (Å²) in [4.78, 5) is 16.0. The Labute approximate surface area is 123 Å². The van der Waals surface area contributed by atoms with Gasteiger partial charge in [-0.3, -0.25) is 4.79 Å². The normalized spacial score (nSPS) is 18.5. The minimum atomic E-state index is -4.58. The van der Waals surface area contributed by atoms with Crippen LogP contribution in [-0.2, 0) is 12.6 Å². The van der Waals surface area contributed by atoms with Crippen LogP contribution in [0.2, 0.25) is 5.02 Å². The summed E-state index contributed by atoms with van der Waals surface area (Å²) in [6.45, 7) is 1.66. The van der Waals surface area contributed by atoms with Crippen molar-refractivity contribution in [3.63, 3.8) is 0 Å². The first-order valence-corrected chi connectivity index (χ1v) is 6.65. The number of carbonyl (C=O) groups is 1. The number of benzene rings is 1. The zero-order valence-corrected chi connectivity index (χ0v) is 11.6. The molecule has 7 heteroatoms. The molecule has 1 aliphatic heterocycles. The maximum absolute atomic E-state index is 13.5. The van der Waals surface area contributed by atoms with Gasteiger partial charge < -0.3 is 5.32 Å². The van der Waals surface area contributed by atoms with Crippen molar-refractivity contribution in [1.29, 1.82) is 0 Å². The lowest BCUT2D eigenvalue weighted by Crippen LogP contribution is -2.41. The molecule has 1 aromatic heterocycles. The second kappa shape index (κ2) is 4.59. The second-order valence-electron chi connectivity index (χ2n) is 5.05. The van der Waals surface area contributed by atoms with Gasteiger partial charge in [-0.25, -0.2) is 4.98 Å². The van der Waals surface area contributed by atoms with Crippen LogP contribution in [0, 0.1) is 0 Å². The Morgan fingerprint density at radius 3 is 2.76 bits per heavy atom. The van der Waals surface area contributed by atoms with E-state index >= 15 is 0 Å². The molecule has 0 aliphatic carbocycles. The number of pyridine rings is 1. The van der Waals surface area contributed by atoms with Gasteiger partial charge in [0.2, 0.25) is 0 Å². The van der Waals surface area contributed by atoms with Crippen LogP contribution in [0.5, 0.6) is 0 Å². The molecule has 1 unspecified atom stereocenters. The average molecular weight is 315 g/mol. The van der Waals surface area contributed by atoms with Crippen LogP contribution in [0.4, 0.5) is 13.2 Å². The fraction of sp³-hybridized carbons (Fsp3) is 0.286. The number of aromatic nitrogens is 1. The summed E-state index contributed by atoms with van der Waals surface area (Å²) >= 11 is 5.81. The fourth-order valence-corrected chi connectivity index (χ4v) is 2.81. The average Bonchev–Trinajstić information content (AvgIpc) is 2.34. The summed E-state index contributed by atoms with van der Waals surface area (Å²) in [6.07, 6.45) is -4.49. The van der Waals surface area contributed by atoms with Crippen molar-refractivity contribution in [2.24, 2.45) is 0 Å². The first-order chi connectivity index (χ1) is 9.77. The van der Waals surface area contributed by atoms with Gasteiger partial charge >= 0.3 is 6.18 Å². The SMILES string of the molecule is CC1Cc2c(nc3ccc(Cl)cc3c2C(F)(F)F)C(=O)N1. The third kappa shape index (κ3) is 2.33. The first-order valence-electron chi connectivity index (χ1n) is 6.27. The van der Waals surface area contributed by atoms with Crippen LogP contribution in [0.3, 0.4) is 0 Å². The number of hydrogen-bond donors (Lipinski definition) is 1. The molecule has 0 spiro atoms. The van der Waals surface area contributed by atoms with E-state index in [-0.39, 0.29) is 39.6 Å². The highest BCUT2D eigenvalue weighted by Gasteiger charge is 2.40. The molecule has 1 amide bonds. The summed E-state index contributed by atoms with van der Waals surface area (Å²) in [7, 11) is 0. The Balaban J connectivity index is 2.44. The van der Waals surface area contributed by atoms with Gasteiger partial charge in [0, 0.05) is 16.5 Å². The third-order valence-electron chi connectivity index (χ3n) is 3.43. The minimum absolute atomic E-state index is 0.0616. The Morgan fingerprint density at radius 2 is 2.10 bits per heavy atom. The molecule has 1 atom stereocenters. The molecule has 0 saturated heterocycles. The topological polar surface area (TPSA) is 42.0 Å². The van der Waals surface area contributed by atoms with Crippen LogP contribution in [-0.4, -0.2) is 16.9 Å². The van der Waals surface area contributed by atoms with E-state index in [0.29, 0.717) is 0 Å². The summed E-state index contributed by atoms with van der Waals surface area (Å²) in [5.74, 6) is -0.578. The maximum Gasteiger partial charge on any atom is 0.417 e. The molecule has 0 radical (unpaired) electrons. The lowest BCUT2D eigenvalue weighted by atomic mass is 9.92. The van der Waals surface area contributed by atoms with Gasteiger partial charge in [-0.15, -0.1) is 0 Å². The molecule has 2 heterocycles. The van der Waals surface area contributed by atoms with E-state index in [1.807, 2.05) is 0 Å². The maximum atomic E-state index is 13.5. The zero-order valence-electron chi connectivity index (χ0n) is 10.9. The van der Waals surface area contributed by atoms with Crippen LogP contribution in [0.1, 0.15) is 28.5 Å². The van der Waals surface area contributed by atoms with Crippen molar-refractivity contribution in [1.82, 2.24) is 10.3 Å². The smallest absolute Gasteiger partial charge is 0.348 e. The molecule has 110 valence electrons. The standard InChI is InChI=1S/C14H10ClF3N2O/c1-6-4-9-11(14(16,17)18)8-5-7(15)2-3-10(8)20-12(9)13(21)19-6/h2-3,5-6H,4H2,1H3,(H,19,21). The van der Waals surface area contributed by atoms with Crippen LogP contribution < -0.4 is 5.32 Å². The highest BCUT2D eigenvalue weighted by molar-refractivity contribution is 6.31. The van der Waals surface area contributed by atoms with E-state index in [0.717, 1.165) is 0 Å². The molecule has 3 rings (SSSR count). The van der Waals surface area contributed by atoms with Crippen molar-refractivity contribution in [3.8, 4) is 0 Å². The van der Waals surface area contributed by atoms with E-state index < -0.39 is 17.6 Å². The van der Waals surface area contributed by atoms with Gasteiger partial charge in [0.15, 0.2) is 0 Å². The monoisotopic (exact) mass is 314 g/mol. The van der Waals surface area contributed by atoms with Gasteiger partial charge in [-0.1, -0.05) is 11.6 Å². The predicted octanol–water partition coefficient (Wildman–Crippen LogP) is 3.58. The second-order valence-corrected chi connectivity index (χ2v) is 5.49. The van der Waals surface area contributed by atoms with Gasteiger partial charge in [-0.05, 0) is 37.1 Å². The lowest BCUT2D eigenvalue weighted by molar-refractivity contribution is -0.137. The van der Waals surface area contributed by atoms with Crippen molar-refractivity contribution in [2.45, 2.75) is 25.6 Å². The molecule has 21 heavy (non-hydrogen) atoms. The van der Waals surface area contributed by atoms with Crippen molar-refractivity contribution in [2.75, 3.05) is 0 Å². The molecular weight excluding hydrogens is 305 g/mol. The summed E-state index contributed by atoms with van der Waals surface area (Å²) in [5.41, 5.74) is -0.925. The number of rotatable bonds is 0. The van der Waals surface area contributed by atoms with Crippen LogP contribution >= 0.6 is 11.6 Å². The molecule has 0 bridgehead atoms. The van der Waals surface area contributed by atoms with E-state index in [1.165, 1.54) is 18.2 Å². The number of nitrogens with one attached hydrogen (secondary N) is 1. The van der Waals surface area contributed by atoms with Gasteiger partial charge in [0.1, 0.15) is 5.69 Å². The molecule has 1 N–H and O–H groups in total. The van der Waals surface area contributed by atoms with E-state index in [2.05, 4.69) is 10.3 Å². The van der Waals surface area contributed by atoms with E-state index in [4.69, 9.17) is 11.6 Å². The highest BCUT2D eigenvalue weighted by Crippen LogP contribution is 2.40. The van der Waals surface area contributed by atoms with Gasteiger partial charge in [0.25, 0.3) is 5.91 Å². The largest absolute Gasteiger partial charge is 0.417 e. The fourth-order valence-electron chi connectivity index (χ4n) is 2.63. The number of nitrogens with zero attached hydrogens (tertiary/aromatic N) is 1. The zero-order chi connectivity index (χ0) is 15.4. The Kier molecular flexibility index (Phi) is 3.09. The highest BCUT2D eigenvalue weighted by atomic mass is 35.5. The summed E-state index contributed by atoms with van der Waals surface area (Å²) in [6, 6.07) is 3.71. The first kappa shape index (κ1) is 14.1. The number of alkyl halides is 3. The van der Waals surface area contributed by atoms with Gasteiger partial charge in [0.05, 0.1) is 11.1 Å². The number of hydrogen-bond acceptors (Lipinski definition) is 2.